The molecule has 0 aromatic heterocycles. The first-order chi connectivity index (χ1) is 13.6. The molecule has 0 radical (unpaired) electrons. The molecule has 0 saturated heterocycles. The van der Waals surface area contributed by atoms with Crippen molar-refractivity contribution in [3.8, 4) is 17.2 Å². The summed E-state index contributed by atoms with van der Waals surface area (Å²) in [6.45, 7) is 0.0638. The van der Waals surface area contributed by atoms with Crippen LogP contribution in [0.3, 0.4) is 0 Å². The van der Waals surface area contributed by atoms with Gasteiger partial charge < -0.3 is 14.2 Å². The van der Waals surface area contributed by atoms with Crippen molar-refractivity contribution < 1.29 is 23.9 Å². The molecular formula is C21H17NO6. The van der Waals surface area contributed by atoms with Crippen LogP contribution in [-0.2, 0) is 11.3 Å². The van der Waals surface area contributed by atoms with E-state index in [0.717, 1.165) is 5.56 Å². The number of ether oxygens (including phenoxy) is 3. The number of esters is 1. The van der Waals surface area contributed by atoms with Crippen LogP contribution in [0, 0.1) is 10.1 Å². The number of carbonyl (C=O) groups is 1. The lowest BCUT2D eigenvalue weighted by Gasteiger charge is -2.10. The van der Waals surface area contributed by atoms with Gasteiger partial charge >= 0.3 is 5.97 Å². The lowest BCUT2D eigenvalue weighted by Crippen LogP contribution is -2.07. The summed E-state index contributed by atoms with van der Waals surface area (Å²) < 4.78 is 16.2. The Kier molecular flexibility index (Phi) is 5.86. The van der Waals surface area contributed by atoms with Gasteiger partial charge in [0.05, 0.1) is 12.0 Å². The molecule has 142 valence electrons. The zero-order valence-corrected chi connectivity index (χ0v) is 15.0. The van der Waals surface area contributed by atoms with Gasteiger partial charge in [-0.15, -0.1) is 0 Å². The van der Waals surface area contributed by atoms with E-state index < -0.39 is 10.9 Å². The number of para-hydroxylation sites is 1. The van der Waals surface area contributed by atoms with E-state index in [-0.39, 0.29) is 12.3 Å². The summed E-state index contributed by atoms with van der Waals surface area (Å²) in [5.74, 6) is 0.954. The average molecular weight is 379 g/mol. The van der Waals surface area contributed by atoms with E-state index in [9.17, 15) is 14.9 Å². The van der Waals surface area contributed by atoms with Gasteiger partial charge in [0, 0.05) is 12.1 Å². The second-order valence-electron chi connectivity index (χ2n) is 5.78. The van der Waals surface area contributed by atoms with Crippen molar-refractivity contribution in [3.63, 3.8) is 0 Å². The number of carbonyl (C=O) groups excluding carboxylic acids is 1. The third kappa shape index (κ3) is 4.64. The Morgan fingerprint density at radius 2 is 1.71 bits per heavy atom. The summed E-state index contributed by atoms with van der Waals surface area (Å²) >= 11 is 0. The molecule has 0 aliphatic carbocycles. The normalized spacial score (nSPS) is 10.2. The summed E-state index contributed by atoms with van der Waals surface area (Å²) in [5, 5.41) is 10.7. The van der Waals surface area contributed by atoms with Crippen molar-refractivity contribution in [2.75, 3.05) is 7.11 Å². The Hall–Kier alpha value is -3.87. The molecule has 0 atom stereocenters. The maximum absolute atomic E-state index is 12.3. The molecule has 7 heteroatoms. The zero-order chi connectivity index (χ0) is 19.9. The fourth-order valence-corrected chi connectivity index (χ4v) is 2.51. The standard InChI is InChI=1S/C21H17NO6/c1-26-20-8-3-2-7-19(20)21(23)27-14-15-5-4-6-18(13-15)28-17-11-9-16(10-12-17)22(24)25/h2-13H,14H2,1H3. The molecule has 3 rings (SSSR count). The smallest absolute Gasteiger partial charge is 0.342 e. The molecule has 0 heterocycles. The minimum Gasteiger partial charge on any atom is -0.496 e. The maximum Gasteiger partial charge on any atom is 0.342 e. The second kappa shape index (κ2) is 8.68. The van der Waals surface area contributed by atoms with E-state index in [1.54, 1.807) is 48.5 Å². The van der Waals surface area contributed by atoms with Crippen LogP contribution in [0.15, 0.2) is 72.8 Å². The lowest BCUT2D eigenvalue weighted by molar-refractivity contribution is -0.384. The Morgan fingerprint density at radius 1 is 0.964 bits per heavy atom. The number of hydrogen-bond acceptors (Lipinski definition) is 6. The summed E-state index contributed by atoms with van der Waals surface area (Å²) in [6.07, 6.45) is 0. The maximum atomic E-state index is 12.3. The van der Waals surface area contributed by atoms with Gasteiger partial charge in [-0.2, -0.15) is 0 Å². The highest BCUT2D eigenvalue weighted by Crippen LogP contribution is 2.25. The summed E-state index contributed by atoms with van der Waals surface area (Å²) in [6, 6.07) is 19.7. The third-order valence-corrected chi connectivity index (χ3v) is 3.88. The molecule has 7 nitrogen and oxygen atoms in total. The summed E-state index contributed by atoms with van der Waals surface area (Å²) in [4.78, 5) is 22.5. The largest absolute Gasteiger partial charge is 0.496 e. The SMILES string of the molecule is COc1ccccc1C(=O)OCc1cccc(Oc2ccc([N+](=O)[O-])cc2)c1. The molecule has 3 aromatic carbocycles. The lowest BCUT2D eigenvalue weighted by atomic mass is 10.2. The van der Waals surface area contributed by atoms with Crippen molar-refractivity contribution in [1.29, 1.82) is 0 Å². The fraction of sp³-hybridized carbons (Fsp3) is 0.0952. The average Bonchev–Trinajstić information content (AvgIpc) is 2.72. The van der Waals surface area contributed by atoms with Crippen LogP contribution in [0.5, 0.6) is 17.2 Å². The first kappa shape index (κ1) is 18.9. The molecule has 0 N–H and O–H groups in total. The zero-order valence-electron chi connectivity index (χ0n) is 15.0. The van der Waals surface area contributed by atoms with Crippen LogP contribution < -0.4 is 9.47 Å². The van der Waals surface area contributed by atoms with Gasteiger partial charge in [-0.05, 0) is 42.0 Å². The minimum atomic E-state index is -0.487. The van der Waals surface area contributed by atoms with Crippen LogP contribution in [0.4, 0.5) is 5.69 Å². The molecule has 3 aromatic rings. The number of non-ortho nitro benzene ring substituents is 1. The number of methoxy groups -OCH3 is 1. The van der Waals surface area contributed by atoms with Crippen LogP contribution in [-0.4, -0.2) is 18.0 Å². The van der Waals surface area contributed by atoms with Gasteiger partial charge in [-0.1, -0.05) is 24.3 Å². The monoisotopic (exact) mass is 379 g/mol. The van der Waals surface area contributed by atoms with Crippen LogP contribution in [0.2, 0.25) is 0 Å². The molecule has 0 unspecified atom stereocenters. The highest BCUT2D eigenvalue weighted by Gasteiger charge is 2.13. The fourth-order valence-electron chi connectivity index (χ4n) is 2.51. The molecule has 0 saturated carbocycles. The Balaban J connectivity index is 1.64. The number of benzene rings is 3. The number of nitro groups is 1. The van der Waals surface area contributed by atoms with Crippen molar-refractivity contribution in [3.05, 3.63) is 94.0 Å². The second-order valence-corrected chi connectivity index (χ2v) is 5.78. The van der Waals surface area contributed by atoms with Gasteiger partial charge in [0.2, 0.25) is 0 Å². The first-order valence-electron chi connectivity index (χ1n) is 8.38. The van der Waals surface area contributed by atoms with E-state index >= 15 is 0 Å². The Bertz CT molecular complexity index is 984. The highest BCUT2D eigenvalue weighted by atomic mass is 16.6. The highest BCUT2D eigenvalue weighted by molar-refractivity contribution is 5.92. The van der Waals surface area contributed by atoms with Gasteiger partial charge in [0.15, 0.2) is 0 Å². The predicted octanol–water partition coefficient (Wildman–Crippen LogP) is 4.75. The van der Waals surface area contributed by atoms with Crippen molar-refractivity contribution >= 4 is 11.7 Å². The van der Waals surface area contributed by atoms with Crippen molar-refractivity contribution in [1.82, 2.24) is 0 Å². The van der Waals surface area contributed by atoms with Gasteiger partial charge in [-0.3, -0.25) is 10.1 Å². The number of nitrogens with zero attached hydrogens (tertiary/aromatic N) is 1. The first-order valence-corrected chi connectivity index (χ1v) is 8.38. The molecule has 0 amide bonds. The van der Waals surface area contributed by atoms with E-state index in [4.69, 9.17) is 14.2 Å². The molecule has 0 aliphatic heterocycles. The molecule has 0 aliphatic rings. The topological polar surface area (TPSA) is 87.9 Å². The third-order valence-electron chi connectivity index (χ3n) is 3.88. The van der Waals surface area contributed by atoms with E-state index in [1.807, 2.05) is 0 Å². The molecule has 0 bridgehead atoms. The van der Waals surface area contributed by atoms with Crippen LogP contribution in [0.1, 0.15) is 15.9 Å². The predicted molar refractivity (Wildman–Crippen MR) is 102 cm³/mol. The Labute approximate surface area is 161 Å². The van der Waals surface area contributed by atoms with Crippen molar-refractivity contribution in [2.45, 2.75) is 6.61 Å². The molecular weight excluding hydrogens is 362 g/mol. The van der Waals surface area contributed by atoms with Gasteiger partial charge in [0.25, 0.3) is 5.69 Å². The molecule has 28 heavy (non-hydrogen) atoms. The van der Waals surface area contributed by atoms with Crippen molar-refractivity contribution in [2.24, 2.45) is 0 Å². The minimum absolute atomic E-state index is 0.00986. The van der Waals surface area contributed by atoms with E-state index in [0.29, 0.717) is 22.8 Å². The summed E-state index contributed by atoms with van der Waals surface area (Å²) in [5.41, 5.74) is 1.08. The molecule has 0 fully saturated rings. The number of rotatable bonds is 7. The molecule has 0 spiro atoms. The van der Waals surface area contributed by atoms with Gasteiger partial charge in [0.1, 0.15) is 29.4 Å². The Morgan fingerprint density at radius 3 is 2.43 bits per heavy atom. The quantitative estimate of drug-likeness (QED) is 0.334. The van der Waals surface area contributed by atoms with E-state index in [1.165, 1.54) is 31.4 Å². The number of nitro benzene ring substituents is 1. The van der Waals surface area contributed by atoms with Gasteiger partial charge in [-0.25, -0.2) is 4.79 Å². The number of hydrogen-bond donors (Lipinski definition) is 0. The van der Waals surface area contributed by atoms with E-state index in [2.05, 4.69) is 0 Å². The summed E-state index contributed by atoms with van der Waals surface area (Å²) in [7, 11) is 1.49. The van der Waals surface area contributed by atoms with Crippen LogP contribution >= 0.6 is 0 Å². The van der Waals surface area contributed by atoms with Crippen LogP contribution in [0.25, 0.3) is 0 Å².